The molecule has 2 fully saturated rings. The highest BCUT2D eigenvalue weighted by molar-refractivity contribution is 7.11. The lowest BCUT2D eigenvalue weighted by Crippen LogP contribution is -2.51. The number of likely N-dealkylation sites (tertiary alicyclic amines) is 1. The van der Waals surface area contributed by atoms with E-state index in [1.807, 2.05) is 11.1 Å². The van der Waals surface area contributed by atoms with E-state index in [9.17, 15) is 4.79 Å². The number of nitrogens with one attached hydrogen (secondary N) is 1. The standard InChI is InChI=1S/C15H23N3OS/c1-3-12-9-16-14(20-12)10(2)18-8-4-5-13(15(18)19)17-11-6-7-11/h9-11,13,17H,3-8H2,1-2H3. The summed E-state index contributed by atoms with van der Waals surface area (Å²) in [5, 5.41) is 4.56. The predicted octanol–water partition coefficient (Wildman–Crippen LogP) is 2.51. The summed E-state index contributed by atoms with van der Waals surface area (Å²) in [6.45, 7) is 5.11. The lowest BCUT2D eigenvalue weighted by Gasteiger charge is -2.36. The Kier molecular flexibility index (Phi) is 4.08. The average Bonchev–Trinajstić information content (AvgIpc) is 3.14. The molecule has 20 heavy (non-hydrogen) atoms. The molecule has 1 aromatic heterocycles. The summed E-state index contributed by atoms with van der Waals surface area (Å²) in [7, 11) is 0. The zero-order chi connectivity index (χ0) is 14.1. The number of hydrogen-bond donors (Lipinski definition) is 1. The summed E-state index contributed by atoms with van der Waals surface area (Å²) in [6.07, 6.45) is 7.50. The van der Waals surface area contributed by atoms with E-state index < -0.39 is 0 Å². The average molecular weight is 293 g/mol. The number of amides is 1. The Labute approximate surface area is 124 Å². The van der Waals surface area contributed by atoms with E-state index in [1.54, 1.807) is 11.3 Å². The van der Waals surface area contributed by atoms with Gasteiger partial charge < -0.3 is 10.2 Å². The molecule has 0 spiro atoms. The fourth-order valence-electron chi connectivity index (χ4n) is 2.79. The second-order valence-corrected chi connectivity index (χ2v) is 7.01. The molecule has 1 amide bonds. The van der Waals surface area contributed by atoms with Crippen LogP contribution in [0.15, 0.2) is 6.20 Å². The van der Waals surface area contributed by atoms with Gasteiger partial charge in [0.15, 0.2) is 0 Å². The molecular formula is C15H23N3OS. The lowest BCUT2D eigenvalue weighted by atomic mass is 10.0. The minimum Gasteiger partial charge on any atom is -0.332 e. The van der Waals surface area contributed by atoms with Crippen molar-refractivity contribution in [1.29, 1.82) is 0 Å². The van der Waals surface area contributed by atoms with Crippen molar-refractivity contribution in [1.82, 2.24) is 15.2 Å². The molecule has 1 aliphatic heterocycles. The Hall–Kier alpha value is -0.940. The molecule has 1 N–H and O–H groups in total. The maximum atomic E-state index is 12.6. The van der Waals surface area contributed by atoms with Crippen molar-refractivity contribution in [2.75, 3.05) is 6.54 Å². The zero-order valence-electron chi connectivity index (χ0n) is 12.3. The third kappa shape index (κ3) is 2.88. The number of nitrogens with zero attached hydrogens (tertiary/aromatic N) is 2. The largest absolute Gasteiger partial charge is 0.332 e. The number of aromatic nitrogens is 1. The minimum absolute atomic E-state index is 0.0318. The van der Waals surface area contributed by atoms with Gasteiger partial charge in [-0.2, -0.15) is 0 Å². The molecule has 5 heteroatoms. The Morgan fingerprint density at radius 2 is 2.30 bits per heavy atom. The van der Waals surface area contributed by atoms with Gasteiger partial charge in [0.25, 0.3) is 0 Å². The van der Waals surface area contributed by atoms with Gasteiger partial charge in [-0.15, -0.1) is 11.3 Å². The van der Waals surface area contributed by atoms with Gasteiger partial charge >= 0.3 is 0 Å². The van der Waals surface area contributed by atoms with Crippen LogP contribution in [-0.4, -0.2) is 34.4 Å². The normalized spacial score (nSPS) is 25.0. The van der Waals surface area contributed by atoms with Gasteiger partial charge in [-0.3, -0.25) is 4.79 Å². The molecule has 2 atom stereocenters. The van der Waals surface area contributed by atoms with Crippen LogP contribution in [-0.2, 0) is 11.2 Å². The number of piperidine rings is 1. The van der Waals surface area contributed by atoms with Crippen molar-refractivity contribution < 1.29 is 4.79 Å². The number of thiazole rings is 1. The monoisotopic (exact) mass is 293 g/mol. The van der Waals surface area contributed by atoms with Crippen LogP contribution in [0.1, 0.15) is 55.5 Å². The molecule has 2 heterocycles. The van der Waals surface area contributed by atoms with Crippen molar-refractivity contribution in [2.24, 2.45) is 0 Å². The molecule has 2 aliphatic rings. The smallest absolute Gasteiger partial charge is 0.240 e. The summed E-state index contributed by atoms with van der Waals surface area (Å²) < 4.78 is 0. The maximum absolute atomic E-state index is 12.6. The molecule has 1 saturated carbocycles. The van der Waals surface area contributed by atoms with Crippen LogP contribution in [0, 0.1) is 0 Å². The van der Waals surface area contributed by atoms with Crippen molar-refractivity contribution in [2.45, 2.75) is 64.1 Å². The van der Waals surface area contributed by atoms with Gasteiger partial charge in [-0.1, -0.05) is 6.92 Å². The fourth-order valence-corrected chi connectivity index (χ4v) is 3.71. The molecule has 2 unspecified atom stereocenters. The topological polar surface area (TPSA) is 45.2 Å². The Bertz CT molecular complexity index is 483. The van der Waals surface area contributed by atoms with Crippen molar-refractivity contribution in [3.63, 3.8) is 0 Å². The fraction of sp³-hybridized carbons (Fsp3) is 0.733. The molecule has 0 bridgehead atoms. The van der Waals surface area contributed by atoms with Crippen LogP contribution in [0.4, 0.5) is 0 Å². The van der Waals surface area contributed by atoms with Crippen molar-refractivity contribution in [3.8, 4) is 0 Å². The van der Waals surface area contributed by atoms with Gasteiger partial charge in [-0.05, 0) is 39.0 Å². The van der Waals surface area contributed by atoms with Gasteiger partial charge in [0, 0.05) is 23.7 Å². The highest BCUT2D eigenvalue weighted by atomic mass is 32.1. The predicted molar refractivity (Wildman–Crippen MR) is 80.8 cm³/mol. The number of aryl methyl sites for hydroxylation is 1. The first-order chi connectivity index (χ1) is 9.69. The summed E-state index contributed by atoms with van der Waals surface area (Å²) in [5.41, 5.74) is 0. The minimum atomic E-state index is 0.0318. The molecule has 1 saturated heterocycles. The van der Waals surface area contributed by atoms with Crippen LogP contribution < -0.4 is 5.32 Å². The number of carbonyl (C=O) groups excluding carboxylic acids is 1. The van der Waals surface area contributed by atoms with Crippen LogP contribution >= 0.6 is 11.3 Å². The van der Waals surface area contributed by atoms with E-state index in [0.29, 0.717) is 6.04 Å². The van der Waals surface area contributed by atoms with E-state index in [0.717, 1.165) is 30.8 Å². The summed E-state index contributed by atoms with van der Waals surface area (Å²) >= 11 is 1.74. The SMILES string of the molecule is CCc1cnc(C(C)N2CCCC(NC3CC3)C2=O)s1. The first-order valence-corrected chi connectivity index (χ1v) is 8.51. The Balaban J connectivity index is 1.69. The van der Waals surface area contributed by atoms with Crippen LogP contribution in [0.5, 0.6) is 0 Å². The summed E-state index contributed by atoms with van der Waals surface area (Å²) in [4.78, 5) is 20.4. The molecule has 1 aliphatic carbocycles. The molecule has 1 aromatic rings. The second-order valence-electron chi connectivity index (χ2n) is 5.86. The molecular weight excluding hydrogens is 270 g/mol. The summed E-state index contributed by atoms with van der Waals surface area (Å²) in [6, 6.07) is 0.728. The third-order valence-corrected chi connectivity index (χ3v) is 5.54. The van der Waals surface area contributed by atoms with Gasteiger partial charge in [0.1, 0.15) is 5.01 Å². The van der Waals surface area contributed by atoms with E-state index in [2.05, 4.69) is 24.1 Å². The molecule has 110 valence electrons. The second kappa shape index (κ2) is 5.82. The quantitative estimate of drug-likeness (QED) is 0.907. The molecule has 0 aromatic carbocycles. The van der Waals surface area contributed by atoms with Gasteiger partial charge in [-0.25, -0.2) is 4.98 Å². The first-order valence-electron chi connectivity index (χ1n) is 7.70. The van der Waals surface area contributed by atoms with E-state index >= 15 is 0 Å². The van der Waals surface area contributed by atoms with E-state index in [4.69, 9.17) is 0 Å². The van der Waals surface area contributed by atoms with Crippen LogP contribution in [0.3, 0.4) is 0 Å². The number of rotatable bonds is 5. The van der Waals surface area contributed by atoms with Crippen molar-refractivity contribution in [3.05, 3.63) is 16.1 Å². The maximum Gasteiger partial charge on any atom is 0.240 e. The first kappa shape index (κ1) is 14.0. The number of carbonyl (C=O) groups is 1. The highest BCUT2D eigenvalue weighted by Gasteiger charge is 2.35. The summed E-state index contributed by atoms with van der Waals surface area (Å²) in [5.74, 6) is 0.267. The van der Waals surface area contributed by atoms with Crippen LogP contribution in [0.25, 0.3) is 0 Å². The lowest BCUT2D eigenvalue weighted by molar-refractivity contribution is -0.138. The Morgan fingerprint density at radius 1 is 1.50 bits per heavy atom. The van der Waals surface area contributed by atoms with E-state index in [1.165, 1.54) is 17.7 Å². The molecule has 0 radical (unpaired) electrons. The molecule has 3 rings (SSSR count). The van der Waals surface area contributed by atoms with Crippen LogP contribution in [0.2, 0.25) is 0 Å². The van der Waals surface area contributed by atoms with Gasteiger partial charge in [0.2, 0.25) is 5.91 Å². The Morgan fingerprint density at radius 3 is 2.95 bits per heavy atom. The van der Waals surface area contributed by atoms with E-state index in [-0.39, 0.29) is 18.0 Å². The molecule has 4 nitrogen and oxygen atoms in total. The zero-order valence-corrected chi connectivity index (χ0v) is 13.1. The van der Waals surface area contributed by atoms with Gasteiger partial charge in [0.05, 0.1) is 12.1 Å². The third-order valence-electron chi connectivity index (χ3n) is 4.23. The highest BCUT2D eigenvalue weighted by Crippen LogP contribution is 2.29. The number of hydrogen-bond acceptors (Lipinski definition) is 4. The van der Waals surface area contributed by atoms with Crippen molar-refractivity contribution >= 4 is 17.2 Å².